The Morgan fingerprint density at radius 1 is 1.03 bits per heavy atom. The third-order valence-corrected chi connectivity index (χ3v) is 7.00. The monoisotopic (exact) mass is 471 g/mol. The smallest absolute Gasteiger partial charge is 0.236 e. The van der Waals surface area contributed by atoms with Gasteiger partial charge in [0.05, 0.1) is 13.2 Å². The van der Waals surface area contributed by atoms with Crippen LogP contribution in [0.2, 0.25) is 0 Å². The van der Waals surface area contributed by atoms with Gasteiger partial charge in [-0.25, -0.2) is 4.68 Å². The number of fused-ring (bicyclic) bond motifs is 1. The molecule has 7 nitrogen and oxygen atoms in total. The highest BCUT2D eigenvalue weighted by Gasteiger charge is 2.38. The van der Waals surface area contributed by atoms with Crippen LogP contribution >= 0.6 is 11.8 Å². The number of carbonyl (C=O) groups excluding carboxylic acids is 1. The first-order valence-corrected chi connectivity index (χ1v) is 11.9. The predicted molar refractivity (Wildman–Crippen MR) is 133 cm³/mol. The molecule has 0 saturated heterocycles. The van der Waals surface area contributed by atoms with E-state index < -0.39 is 5.25 Å². The van der Waals surface area contributed by atoms with Crippen LogP contribution in [-0.2, 0) is 11.3 Å². The van der Waals surface area contributed by atoms with Crippen LogP contribution in [0.15, 0.2) is 84.0 Å². The van der Waals surface area contributed by atoms with Gasteiger partial charge in [-0.3, -0.25) is 4.79 Å². The van der Waals surface area contributed by atoms with Gasteiger partial charge in [0, 0.05) is 12.1 Å². The highest BCUT2D eigenvalue weighted by atomic mass is 32.2. The molecule has 1 aromatic heterocycles. The second-order valence-electron chi connectivity index (χ2n) is 8.13. The summed E-state index contributed by atoms with van der Waals surface area (Å²) in [5, 5.41) is 12.1. The van der Waals surface area contributed by atoms with Crippen molar-refractivity contribution in [2.75, 3.05) is 12.5 Å². The molecule has 0 bridgehead atoms. The molecule has 172 valence electrons. The van der Waals surface area contributed by atoms with E-state index in [1.165, 1.54) is 17.3 Å². The molecule has 1 aliphatic heterocycles. The van der Waals surface area contributed by atoms with Gasteiger partial charge in [0.1, 0.15) is 11.0 Å². The Balaban J connectivity index is 1.44. The van der Waals surface area contributed by atoms with Crippen LogP contribution < -0.4 is 15.5 Å². The normalized spacial score (nSPS) is 16.9. The standard InChI is InChI=1S/C26H25N5O2S/c1-17-8-10-18(11-9-17)16-27-25(32)23-22(19-12-14-21(33-2)15-13-19)30-31-24(28-29-26(31)34-23)20-6-4-3-5-7-20/h3-15,22-23,30H,16H2,1-2H3,(H,27,32)/t22-,23-/m0/s1. The molecule has 2 heterocycles. The number of carbonyl (C=O) groups is 1. The van der Waals surface area contributed by atoms with Crippen molar-refractivity contribution in [1.82, 2.24) is 20.2 Å². The number of methoxy groups -OCH3 is 1. The van der Waals surface area contributed by atoms with Crippen LogP contribution in [0.5, 0.6) is 5.75 Å². The van der Waals surface area contributed by atoms with Crippen molar-refractivity contribution in [2.45, 2.75) is 29.9 Å². The van der Waals surface area contributed by atoms with Crippen LogP contribution in [0.25, 0.3) is 11.4 Å². The SMILES string of the molecule is COc1ccc([C@@H]2Nn3c(nnc3-c3ccccc3)S[C@@H]2C(=O)NCc2ccc(C)cc2)cc1. The Bertz CT molecular complexity index is 1270. The van der Waals surface area contributed by atoms with E-state index in [2.05, 4.69) is 20.9 Å². The molecular formula is C26H25N5O2S. The number of thioether (sulfide) groups is 1. The highest BCUT2D eigenvalue weighted by Crippen LogP contribution is 2.38. The van der Waals surface area contributed by atoms with Crippen LogP contribution in [0.4, 0.5) is 0 Å². The molecule has 0 spiro atoms. The maximum atomic E-state index is 13.4. The number of hydrogen-bond donors (Lipinski definition) is 2. The summed E-state index contributed by atoms with van der Waals surface area (Å²) in [7, 11) is 1.64. The lowest BCUT2D eigenvalue weighted by atomic mass is 10.0. The summed E-state index contributed by atoms with van der Waals surface area (Å²) in [4.78, 5) is 13.4. The van der Waals surface area contributed by atoms with Crippen molar-refractivity contribution in [2.24, 2.45) is 0 Å². The number of benzene rings is 3. The first-order valence-electron chi connectivity index (χ1n) is 11.0. The Kier molecular flexibility index (Phi) is 6.22. The van der Waals surface area contributed by atoms with Gasteiger partial charge < -0.3 is 15.5 Å². The molecule has 0 aliphatic carbocycles. The Labute approximate surface area is 202 Å². The minimum Gasteiger partial charge on any atom is -0.497 e. The van der Waals surface area contributed by atoms with E-state index in [1.807, 2.05) is 90.5 Å². The summed E-state index contributed by atoms with van der Waals surface area (Å²) in [5.41, 5.74) is 7.68. The molecule has 2 N–H and O–H groups in total. The Morgan fingerprint density at radius 3 is 2.47 bits per heavy atom. The van der Waals surface area contributed by atoms with Gasteiger partial charge in [0.25, 0.3) is 0 Å². The molecule has 1 amide bonds. The van der Waals surface area contributed by atoms with Gasteiger partial charge in [-0.2, -0.15) is 0 Å². The molecule has 34 heavy (non-hydrogen) atoms. The van der Waals surface area contributed by atoms with Crippen LogP contribution in [0.3, 0.4) is 0 Å². The van der Waals surface area contributed by atoms with Gasteiger partial charge in [0.15, 0.2) is 5.82 Å². The number of hydrogen-bond acceptors (Lipinski definition) is 6. The molecule has 1 aliphatic rings. The maximum absolute atomic E-state index is 13.4. The Morgan fingerprint density at radius 2 is 1.76 bits per heavy atom. The summed E-state index contributed by atoms with van der Waals surface area (Å²) in [6.07, 6.45) is 0. The molecule has 0 unspecified atom stereocenters. The van der Waals surface area contributed by atoms with E-state index in [4.69, 9.17) is 4.74 Å². The van der Waals surface area contributed by atoms with Gasteiger partial charge >= 0.3 is 0 Å². The van der Waals surface area contributed by atoms with Gasteiger partial charge in [-0.15, -0.1) is 10.2 Å². The quantitative estimate of drug-likeness (QED) is 0.436. The minimum atomic E-state index is -0.431. The van der Waals surface area contributed by atoms with E-state index in [1.54, 1.807) is 7.11 Å². The molecule has 3 aromatic carbocycles. The number of aromatic nitrogens is 3. The minimum absolute atomic E-state index is 0.0607. The van der Waals surface area contributed by atoms with Crippen molar-refractivity contribution in [3.05, 3.63) is 95.6 Å². The summed E-state index contributed by atoms with van der Waals surface area (Å²) in [5.74, 6) is 1.41. The van der Waals surface area contributed by atoms with E-state index in [9.17, 15) is 4.79 Å². The molecular weight excluding hydrogens is 446 g/mol. The molecule has 2 atom stereocenters. The average Bonchev–Trinajstić information content (AvgIpc) is 3.31. The number of nitrogens with one attached hydrogen (secondary N) is 2. The van der Waals surface area contributed by atoms with Crippen LogP contribution in [0, 0.1) is 6.92 Å². The van der Waals surface area contributed by atoms with E-state index in [0.29, 0.717) is 17.5 Å². The lowest BCUT2D eigenvalue weighted by Crippen LogP contribution is -2.43. The lowest BCUT2D eigenvalue weighted by Gasteiger charge is -2.33. The van der Waals surface area contributed by atoms with Crippen molar-refractivity contribution in [1.29, 1.82) is 0 Å². The van der Waals surface area contributed by atoms with E-state index in [0.717, 1.165) is 22.4 Å². The molecule has 8 heteroatoms. The fraction of sp³-hybridized carbons (Fsp3) is 0.192. The average molecular weight is 472 g/mol. The fourth-order valence-electron chi connectivity index (χ4n) is 3.89. The number of ether oxygens (including phenoxy) is 1. The van der Waals surface area contributed by atoms with Crippen molar-refractivity contribution >= 4 is 17.7 Å². The largest absolute Gasteiger partial charge is 0.497 e. The van der Waals surface area contributed by atoms with Crippen LogP contribution in [0.1, 0.15) is 22.7 Å². The second kappa shape index (κ2) is 9.61. The summed E-state index contributed by atoms with van der Waals surface area (Å²) in [6.45, 7) is 2.51. The molecule has 0 saturated carbocycles. The summed E-state index contributed by atoms with van der Waals surface area (Å²) >= 11 is 1.41. The first kappa shape index (κ1) is 22.0. The highest BCUT2D eigenvalue weighted by molar-refractivity contribution is 8.00. The maximum Gasteiger partial charge on any atom is 0.236 e. The zero-order valence-corrected chi connectivity index (χ0v) is 19.8. The molecule has 5 rings (SSSR count). The summed E-state index contributed by atoms with van der Waals surface area (Å²) < 4.78 is 7.19. The topological polar surface area (TPSA) is 81.1 Å². The zero-order chi connectivity index (χ0) is 23.5. The van der Waals surface area contributed by atoms with Gasteiger partial charge in [-0.05, 0) is 30.2 Å². The van der Waals surface area contributed by atoms with Crippen LogP contribution in [-0.4, -0.2) is 33.1 Å². The van der Waals surface area contributed by atoms with E-state index in [-0.39, 0.29) is 11.9 Å². The number of amides is 1. The third-order valence-electron chi connectivity index (χ3n) is 5.79. The third kappa shape index (κ3) is 4.49. The first-order chi connectivity index (χ1) is 16.6. The number of rotatable bonds is 6. The van der Waals surface area contributed by atoms with Crippen molar-refractivity contribution in [3.63, 3.8) is 0 Å². The molecule has 4 aromatic rings. The van der Waals surface area contributed by atoms with Gasteiger partial charge in [-0.1, -0.05) is 84.1 Å². The number of nitrogens with zero attached hydrogens (tertiary/aromatic N) is 3. The molecule has 0 fully saturated rings. The lowest BCUT2D eigenvalue weighted by molar-refractivity contribution is -0.121. The number of aryl methyl sites for hydroxylation is 1. The fourth-order valence-corrected chi connectivity index (χ4v) is 4.99. The Hall–Kier alpha value is -3.78. The van der Waals surface area contributed by atoms with Crippen molar-refractivity contribution in [3.8, 4) is 17.1 Å². The zero-order valence-electron chi connectivity index (χ0n) is 18.9. The molecule has 0 radical (unpaired) electrons. The predicted octanol–water partition coefficient (Wildman–Crippen LogP) is 4.34. The second-order valence-corrected chi connectivity index (χ2v) is 9.24. The van der Waals surface area contributed by atoms with Crippen molar-refractivity contribution < 1.29 is 9.53 Å². The van der Waals surface area contributed by atoms with E-state index >= 15 is 0 Å². The summed E-state index contributed by atoms with van der Waals surface area (Å²) in [6, 6.07) is 25.5. The van der Waals surface area contributed by atoms with Gasteiger partial charge in [0.2, 0.25) is 11.1 Å².